The minimum Gasteiger partial charge on any atom is -0.379 e. The van der Waals surface area contributed by atoms with Crippen molar-refractivity contribution < 1.29 is 18.1 Å². The number of nitrogens with zero attached hydrogens (tertiary/aromatic N) is 4. The lowest BCUT2D eigenvalue weighted by Gasteiger charge is -2.28. The Morgan fingerprint density at radius 1 is 1.27 bits per heavy atom. The number of nitro benzene ring substituents is 1. The quantitative estimate of drug-likeness (QED) is 0.424. The fourth-order valence-electron chi connectivity index (χ4n) is 3.36. The molecule has 0 atom stereocenters. The van der Waals surface area contributed by atoms with Gasteiger partial charge >= 0.3 is 0 Å². The smallest absolute Gasteiger partial charge is 0.289 e. The summed E-state index contributed by atoms with van der Waals surface area (Å²) in [6.07, 6.45) is 2.49. The molecule has 0 bridgehead atoms. The first-order valence-electron chi connectivity index (χ1n) is 9.63. The molecule has 0 radical (unpaired) electrons. The van der Waals surface area contributed by atoms with Crippen molar-refractivity contribution in [3.63, 3.8) is 0 Å². The Bertz CT molecular complexity index is 989. The first kappa shape index (κ1) is 22.7. The number of hydrogen-bond acceptors (Lipinski definition) is 6. The van der Waals surface area contributed by atoms with E-state index in [9.17, 15) is 18.5 Å². The van der Waals surface area contributed by atoms with E-state index in [0.29, 0.717) is 26.2 Å². The molecule has 1 aromatic carbocycles. The van der Waals surface area contributed by atoms with E-state index in [-0.39, 0.29) is 16.5 Å². The van der Waals surface area contributed by atoms with Crippen LogP contribution in [0.1, 0.15) is 12.1 Å². The van der Waals surface area contributed by atoms with Gasteiger partial charge in [0, 0.05) is 44.6 Å². The zero-order valence-electron chi connectivity index (χ0n) is 16.7. The SMILES string of the molecule is Cn1cccc1CN(CCCN1CCOCC1)S(=O)(=O)c1ccc(Cl)c([N+](=O)[O-])c1. The van der Waals surface area contributed by atoms with Crippen molar-refractivity contribution in [2.75, 3.05) is 39.4 Å². The van der Waals surface area contributed by atoms with Gasteiger partial charge in [-0.25, -0.2) is 8.42 Å². The van der Waals surface area contributed by atoms with E-state index < -0.39 is 20.6 Å². The Morgan fingerprint density at radius 3 is 2.63 bits per heavy atom. The second-order valence-corrected chi connectivity index (χ2v) is 9.47. The van der Waals surface area contributed by atoms with Gasteiger partial charge < -0.3 is 9.30 Å². The van der Waals surface area contributed by atoms with Crippen LogP contribution in [0.15, 0.2) is 41.4 Å². The summed E-state index contributed by atoms with van der Waals surface area (Å²) in [4.78, 5) is 12.6. The highest BCUT2D eigenvalue weighted by Crippen LogP contribution is 2.29. The van der Waals surface area contributed by atoms with Gasteiger partial charge in [0.1, 0.15) is 5.02 Å². The zero-order chi connectivity index (χ0) is 21.7. The lowest BCUT2D eigenvalue weighted by molar-refractivity contribution is -0.384. The number of ether oxygens (including phenoxy) is 1. The fourth-order valence-corrected chi connectivity index (χ4v) is 5.02. The predicted molar refractivity (Wildman–Crippen MR) is 113 cm³/mol. The fraction of sp³-hybridized carbons (Fsp3) is 0.474. The molecule has 2 heterocycles. The summed E-state index contributed by atoms with van der Waals surface area (Å²) in [7, 11) is -2.11. The molecule has 11 heteroatoms. The van der Waals surface area contributed by atoms with Crippen LogP contribution in [0.5, 0.6) is 0 Å². The van der Waals surface area contributed by atoms with E-state index in [4.69, 9.17) is 16.3 Å². The van der Waals surface area contributed by atoms with Crippen molar-refractivity contribution in [1.29, 1.82) is 0 Å². The highest BCUT2D eigenvalue weighted by atomic mass is 35.5. The van der Waals surface area contributed by atoms with Crippen LogP contribution in [0.4, 0.5) is 5.69 Å². The van der Waals surface area contributed by atoms with Crippen LogP contribution in [0.25, 0.3) is 0 Å². The van der Waals surface area contributed by atoms with E-state index in [0.717, 1.165) is 31.4 Å². The number of morpholine rings is 1. The Morgan fingerprint density at radius 2 is 2.00 bits per heavy atom. The summed E-state index contributed by atoms with van der Waals surface area (Å²) in [5, 5.41) is 11.1. The summed E-state index contributed by atoms with van der Waals surface area (Å²) in [5.41, 5.74) is 0.401. The number of rotatable bonds is 9. The molecule has 30 heavy (non-hydrogen) atoms. The van der Waals surface area contributed by atoms with Gasteiger partial charge in [0.15, 0.2) is 0 Å². The van der Waals surface area contributed by atoms with E-state index in [2.05, 4.69) is 4.90 Å². The normalized spacial score (nSPS) is 15.6. The van der Waals surface area contributed by atoms with Crippen molar-refractivity contribution >= 4 is 27.3 Å². The first-order valence-corrected chi connectivity index (χ1v) is 11.5. The number of aryl methyl sites for hydroxylation is 1. The molecule has 1 fully saturated rings. The second kappa shape index (κ2) is 9.88. The van der Waals surface area contributed by atoms with Gasteiger partial charge in [-0.1, -0.05) is 11.6 Å². The zero-order valence-corrected chi connectivity index (χ0v) is 18.3. The number of halogens is 1. The number of nitro groups is 1. The average molecular weight is 457 g/mol. The third-order valence-electron chi connectivity index (χ3n) is 5.13. The number of hydrogen-bond donors (Lipinski definition) is 0. The average Bonchev–Trinajstić information content (AvgIpc) is 3.12. The molecule has 1 aromatic heterocycles. The Balaban J connectivity index is 1.83. The van der Waals surface area contributed by atoms with Gasteiger partial charge in [-0.15, -0.1) is 0 Å². The Labute approximate surface area is 181 Å². The van der Waals surface area contributed by atoms with Gasteiger partial charge in [0.2, 0.25) is 10.0 Å². The third-order valence-corrected chi connectivity index (χ3v) is 7.29. The maximum atomic E-state index is 13.4. The summed E-state index contributed by atoms with van der Waals surface area (Å²) < 4.78 is 35.3. The molecule has 2 aromatic rings. The number of aromatic nitrogens is 1. The second-order valence-electron chi connectivity index (χ2n) is 7.13. The molecular weight excluding hydrogens is 432 g/mol. The molecule has 164 valence electrons. The van der Waals surface area contributed by atoms with Gasteiger partial charge in [-0.2, -0.15) is 4.31 Å². The van der Waals surface area contributed by atoms with Crippen LogP contribution in [0, 0.1) is 10.1 Å². The monoisotopic (exact) mass is 456 g/mol. The van der Waals surface area contributed by atoms with Crippen molar-refractivity contribution in [2.45, 2.75) is 17.9 Å². The molecule has 0 N–H and O–H groups in total. The van der Waals surface area contributed by atoms with Crippen LogP contribution in [0.2, 0.25) is 5.02 Å². The lowest BCUT2D eigenvalue weighted by Crippen LogP contribution is -2.39. The minimum absolute atomic E-state index is 0.0970. The van der Waals surface area contributed by atoms with Crippen molar-refractivity contribution in [3.05, 3.63) is 57.4 Å². The number of benzene rings is 1. The lowest BCUT2D eigenvalue weighted by atomic mass is 10.3. The molecule has 0 unspecified atom stereocenters. The predicted octanol–water partition coefficient (Wildman–Crippen LogP) is 2.50. The molecule has 1 aliphatic heterocycles. The topological polar surface area (TPSA) is 97.9 Å². The van der Waals surface area contributed by atoms with E-state index >= 15 is 0 Å². The molecule has 0 aliphatic carbocycles. The van der Waals surface area contributed by atoms with E-state index in [1.807, 2.05) is 29.9 Å². The Hall–Kier alpha value is -1.98. The third kappa shape index (κ3) is 5.38. The van der Waals surface area contributed by atoms with Crippen LogP contribution in [-0.2, 0) is 28.4 Å². The highest BCUT2D eigenvalue weighted by molar-refractivity contribution is 7.89. The maximum absolute atomic E-state index is 13.4. The summed E-state index contributed by atoms with van der Waals surface area (Å²) >= 11 is 5.86. The van der Waals surface area contributed by atoms with Crippen molar-refractivity contribution in [3.8, 4) is 0 Å². The molecule has 1 aliphatic rings. The van der Waals surface area contributed by atoms with Gasteiger partial charge in [0.25, 0.3) is 5.69 Å². The van der Waals surface area contributed by atoms with Crippen LogP contribution in [0.3, 0.4) is 0 Å². The molecule has 1 saturated heterocycles. The maximum Gasteiger partial charge on any atom is 0.289 e. The molecular formula is C19H25ClN4O5S. The first-order chi connectivity index (χ1) is 14.3. The summed E-state index contributed by atoms with van der Waals surface area (Å²) in [6, 6.07) is 7.29. The number of sulfonamides is 1. The van der Waals surface area contributed by atoms with Gasteiger partial charge in [-0.05, 0) is 37.2 Å². The van der Waals surface area contributed by atoms with Gasteiger partial charge in [-0.3, -0.25) is 15.0 Å². The standard InChI is InChI=1S/C19H25ClN4O5S/c1-21-7-2-4-16(21)15-23(9-3-8-22-10-12-29-13-11-22)30(27,28)17-5-6-18(20)19(14-17)24(25)26/h2,4-7,14H,3,8-13,15H2,1H3. The Kier molecular flexibility index (Phi) is 7.48. The molecule has 0 amide bonds. The molecule has 3 rings (SSSR count). The molecule has 0 saturated carbocycles. The van der Waals surface area contributed by atoms with Crippen LogP contribution in [-0.4, -0.2) is 66.5 Å². The van der Waals surface area contributed by atoms with Crippen LogP contribution < -0.4 is 0 Å². The minimum atomic E-state index is -3.96. The summed E-state index contributed by atoms with van der Waals surface area (Å²) in [5.74, 6) is 0. The molecule has 9 nitrogen and oxygen atoms in total. The largest absolute Gasteiger partial charge is 0.379 e. The summed E-state index contributed by atoms with van der Waals surface area (Å²) in [6.45, 7) is 4.23. The van der Waals surface area contributed by atoms with E-state index in [1.165, 1.54) is 16.4 Å². The van der Waals surface area contributed by atoms with E-state index in [1.54, 1.807) is 0 Å². The molecule has 0 spiro atoms. The van der Waals surface area contributed by atoms with Gasteiger partial charge in [0.05, 0.1) is 29.6 Å². The van der Waals surface area contributed by atoms with Crippen molar-refractivity contribution in [2.24, 2.45) is 7.05 Å². The van der Waals surface area contributed by atoms with Crippen molar-refractivity contribution in [1.82, 2.24) is 13.8 Å². The van der Waals surface area contributed by atoms with Crippen LogP contribution >= 0.6 is 11.6 Å². The highest BCUT2D eigenvalue weighted by Gasteiger charge is 2.28.